The predicted octanol–water partition coefficient (Wildman–Crippen LogP) is 3.09. The first-order chi connectivity index (χ1) is 12.8. The van der Waals surface area contributed by atoms with Crippen LogP contribution in [0.15, 0.2) is 42.7 Å². The van der Waals surface area contributed by atoms with Crippen LogP contribution in [0, 0.1) is 0 Å². The molecule has 2 amide bonds. The van der Waals surface area contributed by atoms with Crippen molar-refractivity contribution in [1.82, 2.24) is 10.3 Å². The third-order valence-corrected chi connectivity index (χ3v) is 4.27. The van der Waals surface area contributed by atoms with Crippen LogP contribution >= 0.6 is 0 Å². The Bertz CT molecular complexity index is 852. The van der Waals surface area contributed by atoms with Gasteiger partial charge in [-0.1, -0.05) is 18.2 Å². The van der Waals surface area contributed by atoms with Gasteiger partial charge in [-0.3, -0.25) is 14.6 Å². The van der Waals surface area contributed by atoms with Crippen molar-refractivity contribution < 1.29 is 22.8 Å². The van der Waals surface area contributed by atoms with Crippen LogP contribution < -0.4 is 10.2 Å². The van der Waals surface area contributed by atoms with E-state index in [1.54, 1.807) is 23.4 Å². The largest absolute Gasteiger partial charge is 0.416 e. The minimum atomic E-state index is -4.44. The number of nitrogens with one attached hydrogen (secondary N) is 1. The molecular formula is C19H18F3N3O2. The summed E-state index contributed by atoms with van der Waals surface area (Å²) in [7, 11) is 0. The maximum Gasteiger partial charge on any atom is 0.416 e. The molecule has 8 heteroatoms. The Labute approximate surface area is 154 Å². The molecule has 3 rings (SSSR count). The highest BCUT2D eigenvalue weighted by atomic mass is 19.4. The second kappa shape index (κ2) is 7.77. The Morgan fingerprint density at radius 2 is 2.00 bits per heavy atom. The molecule has 2 heterocycles. The normalized spacial score (nSPS) is 14.5. The minimum absolute atomic E-state index is 0.0440. The summed E-state index contributed by atoms with van der Waals surface area (Å²) < 4.78 is 38.2. The van der Waals surface area contributed by atoms with Gasteiger partial charge in [-0.05, 0) is 29.7 Å². The minimum Gasteiger partial charge on any atom is -0.352 e. The van der Waals surface area contributed by atoms with Gasteiger partial charge in [-0.25, -0.2) is 0 Å². The van der Waals surface area contributed by atoms with Crippen molar-refractivity contribution in [2.75, 3.05) is 11.4 Å². The van der Waals surface area contributed by atoms with Crippen molar-refractivity contribution in [3.05, 3.63) is 59.4 Å². The molecule has 142 valence electrons. The average Bonchev–Trinajstić information content (AvgIpc) is 3.06. The third-order valence-electron chi connectivity index (χ3n) is 4.27. The number of carbonyl (C=O) groups is 2. The molecule has 2 aromatic rings. The first-order valence-corrected chi connectivity index (χ1v) is 8.50. The van der Waals surface area contributed by atoms with E-state index in [1.165, 1.54) is 12.1 Å². The number of pyridine rings is 1. The van der Waals surface area contributed by atoms with Crippen molar-refractivity contribution in [2.45, 2.75) is 32.0 Å². The van der Waals surface area contributed by atoms with Crippen LogP contribution in [0.4, 0.5) is 18.9 Å². The molecule has 0 saturated carbocycles. The molecule has 0 bridgehead atoms. The predicted molar refractivity (Wildman–Crippen MR) is 92.8 cm³/mol. The SMILES string of the molecule is O=C(Cc1cccc(C(F)(F)F)c1)NCc1cncc(N2CCCC2=O)c1. The average molecular weight is 377 g/mol. The van der Waals surface area contributed by atoms with Gasteiger partial charge in [0.1, 0.15) is 0 Å². The lowest BCUT2D eigenvalue weighted by molar-refractivity contribution is -0.137. The first-order valence-electron chi connectivity index (χ1n) is 8.50. The van der Waals surface area contributed by atoms with E-state index in [0.29, 0.717) is 24.2 Å². The summed E-state index contributed by atoms with van der Waals surface area (Å²) in [6, 6.07) is 6.49. The summed E-state index contributed by atoms with van der Waals surface area (Å²) in [5.74, 6) is -0.348. The monoisotopic (exact) mass is 377 g/mol. The van der Waals surface area contributed by atoms with E-state index in [9.17, 15) is 22.8 Å². The summed E-state index contributed by atoms with van der Waals surface area (Å²) in [5, 5.41) is 2.67. The Morgan fingerprint density at radius 1 is 1.19 bits per heavy atom. The molecule has 1 aromatic heterocycles. The number of hydrogen-bond acceptors (Lipinski definition) is 3. The summed E-state index contributed by atoms with van der Waals surface area (Å²) in [5.41, 5.74) is 0.906. The standard InChI is InChI=1S/C19H18F3N3O2/c20-19(21,22)15-4-1-3-13(7-15)9-17(26)24-11-14-8-16(12-23-10-14)25-6-2-5-18(25)27/h1,3-4,7-8,10,12H,2,5-6,9,11H2,(H,24,26). The van der Waals surface area contributed by atoms with Crippen LogP contribution in [0.25, 0.3) is 0 Å². The van der Waals surface area contributed by atoms with Gasteiger partial charge in [-0.15, -0.1) is 0 Å². The molecule has 0 unspecified atom stereocenters. The van der Waals surface area contributed by atoms with E-state index < -0.39 is 17.6 Å². The Kier molecular flexibility index (Phi) is 5.43. The van der Waals surface area contributed by atoms with Crippen molar-refractivity contribution in [2.24, 2.45) is 0 Å². The van der Waals surface area contributed by atoms with Gasteiger partial charge >= 0.3 is 6.18 Å². The van der Waals surface area contributed by atoms with E-state index >= 15 is 0 Å². The number of nitrogens with zero attached hydrogens (tertiary/aromatic N) is 2. The summed E-state index contributed by atoms with van der Waals surface area (Å²) in [4.78, 5) is 29.6. The second-order valence-electron chi connectivity index (χ2n) is 6.35. The molecular weight excluding hydrogens is 359 g/mol. The van der Waals surface area contributed by atoms with Gasteiger partial charge in [0, 0.05) is 25.7 Å². The number of carbonyl (C=O) groups excluding carboxylic acids is 2. The molecule has 5 nitrogen and oxygen atoms in total. The third kappa shape index (κ3) is 4.84. The topological polar surface area (TPSA) is 62.3 Å². The maximum absolute atomic E-state index is 12.7. The van der Waals surface area contributed by atoms with Gasteiger partial charge in [0.2, 0.25) is 11.8 Å². The number of aromatic nitrogens is 1. The molecule has 0 atom stereocenters. The van der Waals surface area contributed by atoms with Crippen molar-refractivity contribution in [3.8, 4) is 0 Å². The van der Waals surface area contributed by atoms with Crippen molar-refractivity contribution in [3.63, 3.8) is 0 Å². The second-order valence-corrected chi connectivity index (χ2v) is 6.35. The van der Waals surface area contributed by atoms with Gasteiger partial charge in [0.05, 0.1) is 23.9 Å². The smallest absolute Gasteiger partial charge is 0.352 e. The highest BCUT2D eigenvalue weighted by Crippen LogP contribution is 2.29. The molecule has 1 fully saturated rings. The highest BCUT2D eigenvalue weighted by molar-refractivity contribution is 5.95. The van der Waals surface area contributed by atoms with Crippen molar-refractivity contribution in [1.29, 1.82) is 0 Å². The number of hydrogen-bond donors (Lipinski definition) is 1. The molecule has 1 aliphatic rings. The molecule has 1 aromatic carbocycles. The number of rotatable bonds is 5. The first kappa shape index (κ1) is 18.9. The molecule has 0 spiro atoms. The van der Waals surface area contributed by atoms with Gasteiger partial charge in [0.25, 0.3) is 0 Å². The fraction of sp³-hybridized carbons (Fsp3) is 0.316. The zero-order valence-corrected chi connectivity index (χ0v) is 14.4. The number of halogens is 3. The Morgan fingerprint density at radius 3 is 2.70 bits per heavy atom. The summed E-state index contributed by atoms with van der Waals surface area (Å²) in [6.45, 7) is 0.826. The maximum atomic E-state index is 12.7. The fourth-order valence-corrected chi connectivity index (χ4v) is 2.95. The van der Waals surface area contributed by atoms with Gasteiger partial charge in [-0.2, -0.15) is 13.2 Å². The zero-order chi connectivity index (χ0) is 19.4. The lowest BCUT2D eigenvalue weighted by Gasteiger charge is -2.16. The van der Waals surface area contributed by atoms with Crippen LogP contribution in [-0.2, 0) is 28.7 Å². The van der Waals surface area contributed by atoms with E-state index in [1.807, 2.05) is 0 Å². The fourth-order valence-electron chi connectivity index (χ4n) is 2.95. The van der Waals surface area contributed by atoms with E-state index in [0.717, 1.165) is 18.6 Å². The van der Waals surface area contributed by atoms with E-state index in [-0.39, 0.29) is 24.4 Å². The molecule has 1 N–H and O–H groups in total. The Hall–Kier alpha value is -2.90. The summed E-state index contributed by atoms with van der Waals surface area (Å²) >= 11 is 0. The van der Waals surface area contributed by atoms with Crippen LogP contribution in [0.2, 0.25) is 0 Å². The molecule has 0 radical (unpaired) electrons. The quantitative estimate of drug-likeness (QED) is 0.871. The van der Waals surface area contributed by atoms with Crippen LogP contribution in [0.3, 0.4) is 0 Å². The number of amides is 2. The molecule has 27 heavy (non-hydrogen) atoms. The lowest BCUT2D eigenvalue weighted by Crippen LogP contribution is -2.26. The van der Waals surface area contributed by atoms with E-state index in [2.05, 4.69) is 10.3 Å². The van der Waals surface area contributed by atoms with Crippen LogP contribution in [-0.4, -0.2) is 23.3 Å². The van der Waals surface area contributed by atoms with Crippen LogP contribution in [0.5, 0.6) is 0 Å². The van der Waals surface area contributed by atoms with Crippen LogP contribution in [0.1, 0.15) is 29.5 Å². The molecule has 1 saturated heterocycles. The zero-order valence-electron chi connectivity index (χ0n) is 14.4. The molecule has 0 aliphatic carbocycles. The number of benzene rings is 1. The molecule has 1 aliphatic heterocycles. The van der Waals surface area contributed by atoms with Gasteiger partial charge in [0.15, 0.2) is 0 Å². The Balaban J connectivity index is 1.59. The van der Waals surface area contributed by atoms with E-state index in [4.69, 9.17) is 0 Å². The van der Waals surface area contributed by atoms with Gasteiger partial charge < -0.3 is 10.2 Å². The highest BCUT2D eigenvalue weighted by Gasteiger charge is 2.30. The lowest BCUT2D eigenvalue weighted by atomic mass is 10.1. The number of alkyl halides is 3. The van der Waals surface area contributed by atoms with Crippen molar-refractivity contribution >= 4 is 17.5 Å². The summed E-state index contributed by atoms with van der Waals surface area (Å²) in [6.07, 6.45) is -0.103. The number of anilines is 1.